The van der Waals surface area contributed by atoms with Gasteiger partial charge in [0.2, 0.25) is 11.9 Å². The van der Waals surface area contributed by atoms with Crippen LogP contribution in [0.5, 0.6) is 5.75 Å². The van der Waals surface area contributed by atoms with Gasteiger partial charge in [0, 0.05) is 11.9 Å². The van der Waals surface area contributed by atoms with Gasteiger partial charge in [0.05, 0.1) is 23.1 Å². The minimum atomic E-state index is -0.126. The molecule has 1 N–H and O–H groups in total. The maximum Gasteiger partial charge on any atom is 0.232 e. The van der Waals surface area contributed by atoms with Crippen LogP contribution in [0.1, 0.15) is 29.6 Å². The van der Waals surface area contributed by atoms with E-state index in [4.69, 9.17) is 4.74 Å². The number of thiazole rings is 1. The fraction of sp³-hybridized carbons (Fsp3) is 0.261. The van der Waals surface area contributed by atoms with Crippen LogP contribution in [0.4, 0.5) is 5.95 Å². The van der Waals surface area contributed by atoms with E-state index >= 15 is 0 Å². The first kappa shape index (κ1) is 20.1. The molecular formula is C23H24N4O2S. The molecule has 0 aliphatic heterocycles. The Balaban J connectivity index is 1.38. The SMILES string of the molecule is CCCn1c(NC(=O)Cc2csc(COc3ccc(C)cc3)n2)nc2ccccc21. The van der Waals surface area contributed by atoms with Crippen LogP contribution < -0.4 is 10.1 Å². The van der Waals surface area contributed by atoms with Gasteiger partial charge in [-0.05, 0) is 37.6 Å². The maximum absolute atomic E-state index is 12.6. The molecule has 2 aromatic carbocycles. The summed E-state index contributed by atoms with van der Waals surface area (Å²) in [5.74, 6) is 1.27. The predicted molar refractivity (Wildman–Crippen MR) is 120 cm³/mol. The predicted octanol–water partition coefficient (Wildman–Crippen LogP) is 4.97. The van der Waals surface area contributed by atoms with Gasteiger partial charge in [-0.25, -0.2) is 9.97 Å². The number of fused-ring (bicyclic) bond motifs is 1. The summed E-state index contributed by atoms with van der Waals surface area (Å²) in [5, 5.41) is 5.70. The van der Waals surface area contributed by atoms with E-state index in [1.807, 2.05) is 60.8 Å². The number of anilines is 1. The smallest absolute Gasteiger partial charge is 0.232 e. The Kier molecular flexibility index (Phi) is 6.09. The fourth-order valence-electron chi connectivity index (χ4n) is 3.23. The molecule has 0 saturated heterocycles. The number of aryl methyl sites for hydroxylation is 2. The van der Waals surface area contributed by atoms with Crippen molar-refractivity contribution in [1.82, 2.24) is 14.5 Å². The Morgan fingerprint density at radius 3 is 2.73 bits per heavy atom. The summed E-state index contributed by atoms with van der Waals surface area (Å²) < 4.78 is 7.82. The highest BCUT2D eigenvalue weighted by atomic mass is 32.1. The van der Waals surface area contributed by atoms with Gasteiger partial charge in [0.15, 0.2) is 0 Å². The number of carbonyl (C=O) groups is 1. The Bertz CT molecular complexity index is 1150. The first-order chi connectivity index (χ1) is 14.6. The second kappa shape index (κ2) is 9.09. The molecule has 0 unspecified atom stereocenters. The third-order valence-electron chi connectivity index (χ3n) is 4.68. The normalized spacial score (nSPS) is 11.0. The number of hydrogen-bond acceptors (Lipinski definition) is 5. The molecule has 2 heterocycles. The van der Waals surface area contributed by atoms with E-state index in [1.165, 1.54) is 16.9 Å². The number of ether oxygens (including phenoxy) is 1. The lowest BCUT2D eigenvalue weighted by atomic mass is 10.2. The summed E-state index contributed by atoms with van der Waals surface area (Å²) in [6, 6.07) is 15.8. The molecule has 154 valence electrons. The van der Waals surface area contributed by atoms with Crippen molar-refractivity contribution in [3.63, 3.8) is 0 Å². The van der Waals surface area contributed by atoms with Gasteiger partial charge in [-0.3, -0.25) is 10.1 Å². The zero-order valence-electron chi connectivity index (χ0n) is 17.1. The molecule has 0 bridgehead atoms. The summed E-state index contributed by atoms with van der Waals surface area (Å²) in [5.41, 5.74) is 3.83. The van der Waals surface area contributed by atoms with Gasteiger partial charge in [-0.15, -0.1) is 11.3 Å². The van der Waals surface area contributed by atoms with Crippen LogP contribution in [0.25, 0.3) is 11.0 Å². The second-order valence-corrected chi connectivity index (χ2v) is 8.08. The molecule has 2 aromatic heterocycles. The Morgan fingerprint density at radius 1 is 1.13 bits per heavy atom. The summed E-state index contributed by atoms with van der Waals surface area (Å²) in [6.07, 6.45) is 1.16. The fourth-order valence-corrected chi connectivity index (χ4v) is 3.94. The minimum Gasteiger partial charge on any atom is -0.486 e. The third kappa shape index (κ3) is 4.68. The number of benzene rings is 2. The number of para-hydroxylation sites is 2. The molecule has 0 aliphatic rings. The summed E-state index contributed by atoms with van der Waals surface area (Å²) in [6.45, 7) is 5.34. The van der Waals surface area contributed by atoms with E-state index in [0.29, 0.717) is 12.6 Å². The van der Waals surface area contributed by atoms with Crippen LogP contribution >= 0.6 is 11.3 Å². The van der Waals surface area contributed by atoms with Crippen molar-refractivity contribution in [3.8, 4) is 5.75 Å². The van der Waals surface area contributed by atoms with Crippen molar-refractivity contribution in [2.24, 2.45) is 0 Å². The average Bonchev–Trinajstić information content (AvgIpc) is 3.32. The molecule has 6 nitrogen and oxygen atoms in total. The van der Waals surface area contributed by atoms with Crippen molar-refractivity contribution in [2.75, 3.05) is 5.32 Å². The Morgan fingerprint density at radius 2 is 1.93 bits per heavy atom. The molecule has 0 radical (unpaired) electrons. The van der Waals surface area contributed by atoms with Crippen molar-refractivity contribution in [1.29, 1.82) is 0 Å². The zero-order valence-corrected chi connectivity index (χ0v) is 17.9. The standard InChI is InChI=1S/C23H24N4O2S/c1-3-12-27-20-7-5-4-6-19(20)25-23(27)26-21(28)13-17-15-30-22(24-17)14-29-18-10-8-16(2)9-11-18/h4-11,15H,3,12-14H2,1-2H3,(H,25,26,28). The van der Waals surface area contributed by atoms with Crippen LogP contribution in [0.2, 0.25) is 0 Å². The number of carbonyl (C=O) groups excluding carboxylic acids is 1. The van der Waals surface area contributed by atoms with Crippen molar-refractivity contribution in [3.05, 3.63) is 70.2 Å². The van der Waals surface area contributed by atoms with Crippen LogP contribution in [0.15, 0.2) is 53.9 Å². The molecule has 0 fully saturated rings. The maximum atomic E-state index is 12.6. The minimum absolute atomic E-state index is 0.126. The Hall–Kier alpha value is -3.19. The molecule has 0 saturated carbocycles. The number of imidazole rings is 1. The molecule has 0 aliphatic carbocycles. The number of nitrogens with one attached hydrogen (secondary N) is 1. The lowest BCUT2D eigenvalue weighted by molar-refractivity contribution is -0.115. The van der Waals surface area contributed by atoms with Gasteiger partial charge >= 0.3 is 0 Å². The van der Waals surface area contributed by atoms with E-state index < -0.39 is 0 Å². The van der Waals surface area contributed by atoms with E-state index in [0.717, 1.165) is 40.5 Å². The highest BCUT2D eigenvalue weighted by Crippen LogP contribution is 2.21. The highest BCUT2D eigenvalue weighted by molar-refractivity contribution is 7.09. The number of aromatic nitrogens is 3. The molecule has 4 rings (SSSR count). The van der Waals surface area contributed by atoms with Crippen molar-refractivity contribution < 1.29 is 9.53 Å². The van der Waals surface area contributed by atoms with Gasteiger partial charge in [0.25, 0.3) is 0 Å². The monoisotopic (exact) mass is 420 g/mol. The summed E-state index contributed by atoms with van der Waals surface area (Å²) in [7, 11) is 0. The number of amides is 1. The molecule has 4 aromatic rings. The molecular weight excluding hydrogens is 396 g/mol. The summed E-state index contributed by atoms with van der Waals surface area (Å²) >= 11 is 1.50. The molecule has 0 spiro atoms. The lowest BCUT2D eigenvalue weighted by Gasteiger charge is -2.08. The van der Waals surface area contributed by atoms with Gasteiger partial charge < -0.3 is 9.30 Å². The third-order valence-corrected chi connectivity index (χ3v) is 5.55. The zero-order chi connectivity index (χ0) is 20.9. The number of hydrogen-bond donors (Lipinski definition) is 1. The van der Waals surface area contributed by atoms with E-state index in [9.17, 15) is 4.79 Å². The van der Waals surface area contributed by atoms with E-state index in [-0.39, 0.29) is 12.3 Å². The first-order valence-corrected chi connectivity index (χ1v) is 10.9. The lowest BCUT2D eigenvalue weighted by Crippen LogP contribution is -2.18. The van der Waals surface area contributed by atoms with Crippen molar-refractivity contribution >= 4 is 34.2 Å². The van der Waals surface area contributed by atoms with Gasteiger partial charge in [-0.2, -0.15) is 0 Å². The Labute approximate surface area is 179 Å². The van der Waals surface area contributed by atoms with E-state index in [2.05, 4.69) is 26.8 Å². The average molecular weight is 421 g/mol. The van der Waals surface area contributed by atoms with Crippen LogP contribution in [-0.4, -0.2) is 20.4 Å². The number of nitrogens with zero attached hydrogens (tertiary/aromatic N) is 3. The molecule has 1 amide bonds. The quantitative estimate of drug-likeness (QED) is 0.437. The van der Waals surface area contributed by atoms with Crippen LogP contribution in [0.3, 0.4) is 0 Å². The molecule has 30 heavy (non-hydrogen) atoms. The first-order valence-electron chi connectivity index (χ1n) is 10.00. The van der Waals surface area contributed by atoms with Gasteiger partial charge in [-0.1, -0.05) is 36.8 Å². The summed E-state index contributed by atoms with van der Waals surface area (Å²) in [4.78, 5) is 21.7. The largest absolute Gasteiger partial charge is 0.486 e. The van der Waals surface area contributed by atoms with Gasteiger partial charge in [0.1, 0.15) is 17.4 Å². The van der Waals surface area contributed by atoms with E-state index in [1.54, 1.807) is 0 Å². The number of rotatable bonds is 8. The molecule has 0 atom stereocenters. The second-order valence-electron chi connectivity index (χ2n) is 7.14. The van der Waals surface area contributed by atoms with Crippen LogP contribution in [0, 0.1) is 6.92 Å². The van der Waals surface area contributed by atoms with Crippen LogP contribution in [-0.2, 0) is 24.4 Å². The highest BCUT2D eigenvalue weighted by Gasteiger charge is 2.14. The van der Waals surface area contributed by atoms with Crippen molar-refractivity contribution in [2.45, 2.75) is 39.8 Å². The topological polar surface area (TPSA) is 69.0 Å². The molecule has 7 heteroatoms.